The molecule has 4 nitrogen and oxygen atoms in total. The van der Waals surface area contributed by atoms with Gasteiger partial charge in [0.2, 0.25) is 0 Å². The molecule has 0 atom stereocenters. The molecule has 2 aromatic rings. The minimum Gasteiger partial charge on any atom is -0.494 e. The van der Waals surface area contributed by atoms with Crippen LogP contribution in [0.25, 0.3) is 6.08 Å². The summed E-state index contributed by atoms with van der Waals surface area (Å²) in [4.78, 5) is 17.3. The second-order valence-electron chi connectivity index (χ2n) is 5.75. The van der Waals surface area contributed by atoms with E-state index in [1.54, 1.807) is 0 Å². The van der Waals surface area contributed by atoms with Gasteiger partial charge in [0, 0.05) is 0 Å². The van der Waals surface area contributed by atoms with Gasteiger partial charge in [0.15, 0.2) is 5.17 Å². The number of hydrogen-bond donors (Lipinski definition) is 1. The zero-order valence-corrected chi connectivity index (χ0v) is 15.3. The van der Waals surface area contributed by atoms with E-state index in [1.165, 1.54) is 22.9 Å². The third kappa shape index (κ3) is 4.31. The summed E-state index contributed by atoms with van der Waals surface area (Å²) in [6.07, 6.45) is 1.86. The molecule has 1 amide bonds. The molecule has 3 rings (SSSR count). The van der Waals surface area contributed by atoms with Gasteiger partial charge in [-0.05, 0) is 79.6 Å². The number of ether oxygens (including phenoxy) is 1. The van der Waals surface area contributed by atoms with Crippen molar-refractivity contribution in [3.8, 4) is 5.75 Å². The zero-order chi connectivity index (χ0) is 17.8. The maximum Gasteiger partial charge on any atom is 0.264 e. The van der Waals surface area contributed by atoms with E-state index < -0.39 is 0 Å². The van der Waals surface area contributed by atoms with Crippen molar-refractivity contribution < 1.29 is 9.53 Å². The molecule has 1 fully saturated rings. The van der Waals surface area contributed by atoms with Gasteiger partial charge in [0.1, 0.15) is 5.75 Å². The van der Waals surface area contributed by atoms with E-state index in [9.17, 15) is 4.79 Å². The fourth-order valence-corrected chi connectivity index (χ4v) is 3.21. The molecule has 1 heterocycles. The Kier molecular flexibility index (Phi) is 5.24. The summed E-state index contributed by atoms with van der Waals surface area (Å²) in [6, 6.07) is 13.7. The van der Waals surface area contributed by atoms with Crippen LogP contribution in [0.2, 0.25) is 0 Å². The third-order valence-electron chi connectivity index (χ3n) is 3.86. The van der Waals surface area contributed by atoms with E-state index in [1.807, 2.05) is 55.5 Å². The minimum absolute atomic E-state index is 0.124. The lowest BCUT2D eigenvalue weighted by Gasteiger charge is -2.02. The number of thioether (sulfide) groups is 1. The van der Waals surface area contributed by atoms with E-state index >= 15 is 0 Å². The maximum atomic E-state index is 12.2. The number of nitrogens with one attached hydrogen (secondary N) is 1. The third-order valence-corrected chi connectivity index (χ3v) is 4.77. The largest absolute Gasteiger partial charge is 0.494 e. The highest BCUT2D eigenvalue weighted by Crippen LogP contribution is 2.29. The van der Waals surface area contributed by atoms with Crippen LogP contribution < -0.4 is 10.1 Å². The highest BCUT2D eigenvalue weighted by molar-refractivity contribution is 8.18. The Morgan fingerprint density at radius 2 is 1.88 bits per heavy atom. The molecular formula is C20H20N2O2S. The molecule has 1 N–H and O–H groups in total. The van der Waals surface area contributed by atoms with Crippen LogP contribution in [-0.2, 0) is 4.79 Å². The van der Waals surface area contributed by atoms with Gasteiger partial charge in [-0.3, -0.25) is 4.79 Å². The highest BCUT2D eigenvalue weighted by Gasteiger charge is 2.23. The van der Waals surface area contributed by atoms with Gasteiger partial charge < -0.3 is 10.1 Å². The molecule has 25 heavy (non-hydrogen) atoms. The van der Waals surface area contributed by atoms with Gasteiger partial charge in [-0.25, -0.2) is 4.99 Å². The van der Waals surface area contributed by atoms with E-state index in [2.05, 4.69) is 24.2 Å². The first-order chi connectivity index (χ1) is 12.0. The molecule has 1 aliphatic rings. The number of rotatable bonds is 4. The Labute approximate surface area is 152 Å². The number of carbonyl (C=O) groups excluding carboxylic acids is 1. The average Bonchev–Trinajstić information content (AvgIpc) is 2.92. The lowest BCUT2D eigenvalue weighted by atomic mass is 10.1. The summed E-state index contributed by atoms with van der Waals surface area (Å²) < 4.78 is 5.43. The summed E-state index contributed by atoms with van der Waals surface area (Å²) in [5, 5.41) is 3.42. The molecule has 0 spiro atoms. The van der Waals surface area contributed by atoms with Crippen LogP contribution >= 0.6 is 11.8 Å². The fourth-order valence-electron chi connectivity index (χ4n) is 2.37. The number of aliphatic imine (C=N–C) groups is 1. The topological polar surface area (TPSA) is 50.7 Å². The number of aryl methyl sites for hydroxylation is 2. The summed E-state index contributed by atoms with van der Waals surface area (Å²) in [6.45, 7) is 6.70. The van der Waals surface area contributed by atoms with Crippen LogP contribution in [0, 0.1) is 13.8 Å². The minimum atomic E-state index is -0.124. The van der Waals surface area contributed by atoms with Gasteiger partial charge in [-0.1, -0.05) is 18.2 Å². The first kappa shape index (κ1) is 17.3. The average molecular weight is 352 g/mol. The number of benzene rings is 2. The molecule has 0 bridgehead atoms. The molecule has 0 aromatic heterocycles. The van der Waals surface area contributed by atoms with Crippen molar-refractivity contribution in [2.75, 3.05) is 6.61 Å². The van der Waals surface area contributed by atoms with Crippen molar-refractivity contribution in [1.29, 1.82) is 0 Å². The van der Waals surface area contributed by atoms with Crippen LogP contribution in [0.3, 0.4) is 0 Å². The van der Waals surface area contributed by atoms with Crippen LogP contribution in [0.5, 0.6) is 5.75 Å². The van der Waals surface area contributed by atoms with E-state index in [0.717, 1.165) is 17.0 Å². The van der Waals surface area contributed by atoms with Crippen molar-refractivity contribution in [3.05, 3.63) is 64.1 Å². The first-order valence-electron chi connectivity index (χ1n) is 8.15. The number of nitrogens with zero attached hydrogens (tertiary/aromatic N) is 1. The van der Waals surface area contributed by atoms with Crippen LogP contribution in [0.4, 0.5) is 5.69 Å². The molecule has 0 radical (unpaired) electrons. The lowest BCUT2D eigenvalue weighted by molar-refractivity contribution is -0.115. The molecule has 128 valence electrons. The number of amidine groups is 1. The van der Waals surface area contributed by atoms with E-state index in [-0.39, 0.29) is 5.91 Å². The quantitative estimate of drug-likeness (QED) is 0.819. The monoisotopic (exact) mass is 352 g/mol. The second-order valence-corrected chi connectivity index (χ2v) is 6.78. The Morgan fingerprint density at radius 1 is 1.12 bits per heavy atom. The summed E-state index contributed by atoms with van der Waals surface area (Å²) in [7, 11) is 0. The number of amides is 1. The van der Waals surface area contributed by atoms with Crippen molar-refractivity contribution in [2.24, 2.45) is 4.99 Å². The molecule has 1 aliphatic heterocycles. The predicted octanol–water partition coefficient (Wildman–Crippen LogP) is 4.59. The molecule has 2 aromatic carbocycles. The molecule has 0 aliphatic carbocycles. The van der Waals surface area contributed by atoms with Gasteiger partial charge in [-0.15, -0.1) is 0 Å². The maximum absolute atomic E-state index is 12.2. The van der Waals surface area contributed by atoms with Crippen LogP contribution in [-0.4, -0.2) is 17.7 Å². The van der Waals surface area contributed by atoms with Crippen molar-refractivity contribution in [2.45, 2.75) is 20.8 Å². The van der Waals surface area contributed by atoms with Gasteiger partial charge in [0.25, 0.3) is 5.91 Å². The standard InChI is InChI=1S/C20H20N2O2S/c1-4-24-17-9-6-15(7-10-17)12-18-19(23)22-20(25-18)21-16-8-5-13(2)14(3)11-16/h5-12H,4H2,1-3H3,(H,21,22,23). The van der Waals surface area contributed by atoms with Gasteiger partial charge in [-0.2, -0.15) is 0 Å². The van der Waals surface area contributed by atoms with Crippen LogP contribution in [0.15, 0.2) is 52.4 Å². The molecule has 5 heteroatoms. The molecule has 0 unspecified atom stereocenters. The van der Waals surface area contributed by atoms with Gasteiger partial charge in [0.05, 0.1) is 17.2 Å². The number of hydrogen-bond acceptors (Lipinski definition) is 4. The van der Waals surface area contributed by atoms with Crippen molar-refractivity contribution in [1.82, 2.24) is 5.32 Å². The highest BCUT2D eigenvalue weighted by atomic mass is 32.2. The predicted molar refractivity (Wildman–Crippen MR) is 104 cm³/mol. The summed E-state index contributed by atoms with van der Waals surface area (Å²) in [5.74, 6) is 0.701. The second kappa shape index (κ2) is 7.57. The normalized spacial score (nSPS) is 17.2. The molecule has 0 saturated carbocycles. The fraction of sp³-hybridized carbons (Fsp3) is 0.200. The Morgan fingerprint density at radius 3 is 2.56 bits per heavy atom. The summed E-state index contributed by atoms with van der Waals surface area (Å²) in [5.41, 5.74) is 4.20. The number of carbonyl (C=O) groups is 1. The van der Waals surface area contributed by atoms with E-state index in [0.29, 0.717) is 16.7 Å². The van der Waals surface area contributed by atoms with E-state index in [4.69, 9.17) is 4.74 Å². The molecule has 1 saturated heterocycles. The lowest BCUT2D eigenvalue weighted by Crippen LogP contribution is -2.19. The van der Waals surface area contributed by atoms with Crippen molar-refractivity contribution >= 4 is 34.6 Å². The Hall–Kier alpha value is -2.53. The van der Waals surface area contributed by atoms with Crippen molar-refractivity contribution in [3.63, 3.8) is 0 Å². The van der Waals surface area contributed by atoms with Gasteiger partial charge >= 0.3 is 0 Å². The Bertz CT molecular complexity index is 854. The zero-order valence-electron chi connectivity index (χ0n) is 14.5. The SMILES string of the molecule is CCOc1ccc(C=C2SC(=Nc3ccc(C)c(C)c3)NC2=O)cc1. The van der Waals surface area contributed by atoms with Crippen LogP contribution in [0.1, 0.15) is 23.6 Å². The summed E-state index contributed by atoms with van der Waals surface area (Å²) >= 11 is 1.35. The first-order valence-corrected chi connectivity index (χ1v) is 8.96. The Balaban J connectivity index is 1.77. The molecular weight excluding hydrogens is 332 g/mol. The smallest absolute Gasteiger partial charge is 0.264 e.